The van der Waals surface area contributed by atoms with Gasteiger partial charge in [-0.3, -0.25) is 0 Å². The molecule has 1 aliphatic rings. The van der Waals surface area contributed by atoms with Crippen LogP contribution in [-0.4, -0.2) is 0 Å². The van der Waals surface area contributed by atoms with Crippen LogP contribution in [-0.2, 0) is 0 Å². The van der Waals surface area contributed by atoms with Gasteiger partial charge >= 0.3 is 0 Å². The van der Waals surface area contributed by atoms with Crippen molar-refractivity contribution < 1.29 is 0 Å². The molecule has 0 N–H and O–H groups in total. The average Bonchev–Trinajstić information content (AvgIpc) is 2.47. The van der Waals surface area contributed by atoms with Crippen molar-refractivity contribution in [1.29, 1.82) is 0 Å². The molecule has 0 amide bonds. The first-order valence-corrected chi connectivity index (χ1v) is 4.79. The maximum absolute atomic E-state index is 3.05. The number of allylic oxidation sites excluding steroid dienone is 4. The molecule has 1 aromatic rings. The minimum absolute atomic E-state index is 0.853. The Morgan fingerprint density at radius 2 is 2.07 bits per heavy atom. The van der Waals surface area contributed by atoms with E-state index in [1.54, 1.807) is 0 Å². The van der Waals surface area contributed by atoms with E-state index in [1.807, 2.05) is 6.08 Å². The zero-order chi connectivity index (χ0) is 9.80. The fourth-order valence-corrected chi connectivity index (χ4v) is 1.54. The Hall–Kier alpha value is -1.74. The SMILES string of the molecule is Cc1ccccc1C1=CC#CCC=C1. The van der Waals surface area contributed by atoms with E-state index in [-0.39, 0.29) is 0 Å². The topological polar surface area (TPSA) is 0 Å². The van der Waals surface area contributed by atoms with Gasteiger partial charge < -0.3 is 0 Å². The standard InChI is InChI=1S/C14H12/c1-12-8-6-7-11-14(12)13-9-4-2-3-5-10-13/h4,6-11H,2H2,1H3. The van der Waals surface area contributed by atoms with E-state index < -0.39 is 0 Å². The van der Waals surface area contributed by atoms with Crippen LogP contribution in [0.15, 0.2) is 42.5 Å². The largest absolute Gasteiger partial charge is 0.0943 e. The smallest absolute Gasteiger partial charge is 0.0276 e. The molecule has 68 valence electrons. The predicted molar refractivity (Wildman–Crippen MR) is 60.7 cm³/mol. The molecule has 0 fully saturated rings. The van der Waals surface area contributed by atoms with E-state index in [0.29, 0.717) is 0 Å². The lowest BCUT2D eigenvalue weighted by Gasteiger charge is -2.04. The number of hydrogen-bond acceptors (Lipinski definition) is 0. The molecule has 0 nitrogen and oxygen atoms in total. The van der Waals surface area contributed by atoms with Crippen molar-refractivity contribution in [1.82, 2.24) is 0 Å². The molecule has 1 aliphatic carbocycles. The highest BCUT2D eigenvalue weighted by Gasteiger charge is 2.00. The molecule has 0 aliphatic heterocycles. The Morgan fingerprint density at radius 1 is 1.21 bits per heavy atom. The Morgan fingerprint density at radius 3 is 2.93 bits per heavy atom. The van der Waals surface area contributed by atoms with Crippen molar-refractivity contribution >= 4 is 5.57 Å². The van der Waals surface area contributed by atoms with Crippen molar-refractivity contribution in [2.75, 3.05) is 0 Å². The van der Waals surface area contributed by atoms with Crippen LogP contribution in [0.4, 0.5) is 0 Å². The summed E-state index contributed by atoms with van der Waals surface area (Å²) in [7, 11) is 0. The quantitative estimate of drug-likeness (QED) is 0.581. The second-order valence-corrected chi connectivity index (χ2v) is 3.34. The molecule has 0 heterocycles. The molecule has 0 saturated heterocycles. The van der Waals surface area contributed by atoms with Gasteiger partial charge in [0.05, 0.1) is 0 Å². The summed E-state index contributed by atoms with van der Waals surface area (Å²) in [4.78, 5) is 0. The lowest BCUT2D eigenvalue weighted by atomic mass is 10.0. The predicted octanol–water partition coefficient (Wildman–Crippen LogP) is 3.34. The minimum Gasteiger partial charge on any atom is -0.0943 e. The molecule has 2 rings (SSSR count). The lowest BCUT2D eigenvalue weighted by Crippen LogP contribution is -1.84. The molecule has 0 spiro atoms. The van der Waals surface area contributed by atoms with Crippen LogP contribution < -0.4 is 0 Å². The fourth-order valence-electron chi connectivity index (χ4n) is 1.54. The third kappa shape index (κ3) is 1.78. The molecule has 0 heteroatoms. The van der Waals surface area contributed by atoms with Gasteiger partial charge in [-0.15, -0.1) is 0 Å². The van der Waals surface area contributed by atoms with Crippen LogP contribution in [0.5, 0.6) is 0 Å². The molecule has 0 bridgehead atoms. The average molecular weight is 180 g/mol. The molecule has 1 aromatic carbocycles. The summed E-state index contributed by atoms with van der Waals surface area (Å²) in [5, 5.41) is 0. The van der Waals surface area contributed by atoms with Gasteiger partial charge in [-0.2, -0.15) is 0 Å². The number of hydrogen-bond donors (Lipinski definition) is 0. The van der Waals surface area contributed by atoms with Gasteiger partial charge in [0.15, 0.2) is 0 Å². The number of rotatable bonds is 1. The van der Waals surface area contributed by atoms with E-state index in [4.69, 9.17) is 0 Å². The van der Waals surface area contributed by atoms with Gasteiger partial charge in [-0.05, 0) is 29.7 Å². The number of aryl methyl sites for hydroxylation is 1. The van der Waals surface area contributed by atoms with Crippen molar-refractivity contribution in [3.8, 4) is 11.8 Å². The van der Waals surface area contributed by atoms with E-state index in [9.17, 15) is 0 Å². The summed E-state index contributed by atoms with van der Waals surface area (Å²) in [5.41, 5.74) is 3.79. The first-order valence-electron chi connectivity index (χ1n) is 4.79. The van der Waals surface area contributed by atoms with Gasteiger partial charge in [0, 0.05) is 6.42 Å². The Labute approximate surface area is 85.0 Å². The van der Waals surface area contributed by atoms with E-state index in [0.717, 1.165) is 6.42 Å². The van der Waals surface area contributed by atoms with Crippen LogP contribution >= 0.6 is 0 Å². The molecule has 0 unspecified atom stereocenters. The minimum atomic E-state index is 0.853. The van der Waals surface area contributed by atoms with Crippen LogP contribution in [0.2, 0.25) is 0 Å². The van der Waals surface area contributed by atoms with Gasteiger partial charge in [0.25, 0.3) is 0 Å². The third-order valence-corrected chi connectivity index (χ3v) is 2.30. The molecule has 14 heavy (non-hydrogen) atoms. The Kier molecular flexibility index (Phi) is 2.51. The highest BCUT2D eigenvalue weighted by molar-refractivity contribution is 5.78. The van der Waals surface area contributed by atoms with Crippen LogP contribution in [0.1, 0.15) is 17.5 Å². The normalized spacial score (nSPS) is 13.9. The number of benzene rings is 1. The van der Waals surface area contributed by atoms with E-state index in [2.05, 4.69) is 55.2 Å². The molecule has 0 atom stereocenters. The Bertz CT molecular complexity index is 450. The van der Waals surface area contributed by atoms with Gasteiger partial charge in [-0.1, -0.05) is 48.3 Å². The van der Waals surface area contributed by atoms with Crippen LogP contribution in [0.25, 0.3) is 5.57 Å². The molecular formula is C14H12. The highest BCUT2D eigenvalue weighted by Crippen LogP contribution is 2.20. The summed E-state index contributed by atoms with van der Waals surface area (Å²) < 4.78 is 0. The van der Waals surface area contributed by atoms with Crippen molar-refractivity contribution in [2.45, 2.75) is 13.3 Å². The fraction of sp³-hybridized carbons (Fsp3) is 0.143. The van der Waals surface area contributed by atoms with E-state index >= 15 is 0 Å². The summed E-state index contributed by atoms with van der Waals surface area (Å²) >= 11 is 0. The zero-order valence-electron chi connectivity index (χ0n) is 8.25. The summed E-state index contributed by atoms with van der Waals surface area (Å²) in [6, 6.07) is 8.39. The second kappa shape index (κ2) is 3.98. The molecule has 0 saturated carbocycles. The van der Waals surface area contributed by atoms with Crippen molar-refractivity contribution in [3.05, 3.63) is 53.6 Å². The first-order chi connectivity index (χ1) is 6.88. The van der Waals surface area contributed by atoms with Gasteiger partial charge in [-0.25, -0.2) is 0 Å². The van der Waals surface area contributed by atoms with Gasteiger partial charge in [0.1, 0.15) is 0 Å². The summed E-state index contributed by atoms with van der Waals surface area (Å²) in [6.45, 7) is 2.13. The Balaban J connectivity index is 2.46. The monoisotopic (exact) mass is 180 g/mol. The molecule has 0 aromatic heterocycles. The molecular weight excluding hydrogens is 168 g/mol. The van der Waals surface area contributed by atoms with Crippen LogP contribution in [0, 0.1) is 18.8 Å². The highest BCUT2D eigenvalue weighted by atomic mass is 14.0. The van der Waals surface area contributed by atoms with Crippen LogP contribution in [0.3, 0.4) is 0 Å². The van der Waals surface area contributed by atoms with E-state index in [1.165, 1.54) is 16.7 Å². The third-order valence-electron chi connectivity index (χ3n) is 2.30. The first kappa shape index (κ1) is 8.84. The maximum atomic E-state index is 3.05. The van der Waals surface area contributed by atoms with Gasteiger partial charge in [0.2, 0.25) is 0 Å². The lowest BCUT2D eigenvalue weighted by molar-refractivity contribution is 1.42. The summed E-state index contributed by atoms with van der Waals surface area (Å²) in [6.07, 6.45) is 7.09. The van der Waals surface area contributed by atoms with Crippen molar-refractivity contribution in [2.24, 2.45) is 0 Å². The maximum Gasteiger partial charge on any atom is 0.0276 e. The van der Waals surface area contributed by atoms with Crippen molar-refractivity contribution in [3.63, 3.8) is 0 Å². The zero-order valence-corrected chi connectivity index (χ0v) is 8.25. The summed E-state index contributed by atoms with van der Waals surface area (Å²) in [5.74, 6) is 6.10. The second-order valence-electron chi connectivity index (χ2n) is 3.34. The molecule has 0 radical (unpaired) electrons.